The van der Waals surface area contributed by atoms with Crippen molar-refractivity contribution < 1.29 is 14.3 Å². The van der Waals surface area contributed by atoms with E-state index in [-0.39, 0.29) is 17.8 Å². The summed E-state index contributed by atoms with van der Waals surface area (Å²) in [5.41, 5.74) is 2.17. The zero-order chi connectivity index (χ0) is 20.1. The minimum absolute atomic E-state index is 0.0556. The molecule has 0 atom stereocenters. The Balaban J connectivity index is 1.36. The third kappa shape index (κ3) is 4.74. The van der Waals surface area contributed by atoms with Gasteiger partial charge in [-0.1, -0.05) is 54.6 Å². The van der Waals surface area contributed by atoms with Gasteiger partial charge in [0.05, 0.1) is 10.8 Å². The second kappa shape index (κ2) is 9.05. The number of para-hydroxylation sites is 1. The van der Waals surface area contributed by atoms with Crippen LogP contribution in [-0.2, 0) is 11.2 Å². The Morgan fingerprint density at radius 2 is 1.66 bits per heavy atom. The number of carbonyl (C=O) groups excluding carboxylic acids is 2. The molecule has 1 aromatic heterocycles. The highest BCUT2D eigenvalue weighted by molar-refractivity contribution is 7.12. The summed E-state index contributed by atoms with van der Waals surface area (Å²) >= 11 is 1.45. The number of likely N-dealkylation sites (tertiary alicyclic amines) is 1. The number of hydrogen-bond donors (Lipinski definition) is 0. The Kier molecular flexibility index (Phi) is 6.06. The Hall–Kier alpha value is -2.92. The van der Waals surface area contributed by atoms with Crippen molar-refractivity contribution in [1.29, 1.82) is 0 Å². The molecule has 3 aromatic rings. The van der Waals surface area contributed by atoms with E-state index < -0.39 is 0 Å². The molecule has 4 nitrogen and oxygen atoms in total. The molecular weight excluding hydrogens is 382 g/mol. The Bertz CT molecular complexity index is 961. The molecule has 1 saturated heterocycles. The van der Waals surface area contributed by atoms with Gasteiger partial charge in [0.2, 0.25) is 0 Å². The highest BCUT2D eigenvalue weighted by Gasteiger charge is 2.29. The lowest BCUT2D eigenvalue weighted by Gasteiger charge is -2.30. The maximum atomic E-state index is 12.8. The number of hydrogen-bond acceptors (Lipinski definition) is 4. The van der Waals surface area contributed by atoms with Crippen LogP contribution in [0.15, 0.2) is 72.1 Å². The SMILES string of the molecule is O=C(Oc1ccccc1Cc1ccccc1)C1CCN(C(=O)c2cccs2)CC1. The normalized spacial score (nSPS) is 14.6. The fourth-order valence-corrected chi connectivity index (χ4v) is 4.32. The van der Waals surface area contributed by atoms with Crippen molar-refractivity contribution in [2.75, 3.05) is 13.1 Å². The molecule has 0 radical (unpaired) electrons. The highest BCUT2D eigenvalue weighted by atomic mass is 32.1. The number of piperidine rings is 1. The average Bonchev–Trinajstić information content (AvgIpc) is 3.30. The molecule has 0 bridgehead atoms. The minimum Gasteiger partial charge on any atom is -0.426 e. The van der Waals surface area contributed by atoms with Crippen molar-refractivity contribution in [1.82, 2.24) is 4.90 Å². The highest BCUT2D eigenvalue weighted by Crippen LogP contribution is 2.26. The molecule has 1 aliphatic rings. The van der Waals surface area contributed by atoms with Gasteiger partial charge in [-0.15, -0.1) is 11.3 Å². The first-order valence-electron chi connectivity index (χ1n) is 9.87. The molecule has 148 valence electrons. The number of esters is 1. The summed E-state index contributed by atoms with van der Waals surface area (Å²) in [5, 5.41) is 1.91. The van der Waals surface area contributed by atoms with Gasteiger partial charge in [-0.05, 0) is 41.5 Å². The molecule has 0 N–H and O–H groups in total. The molecule has 0 unspecified atom stereocenters. The van der Waals surface area contributed by atoms with E-state index in [4.69, 9.17) is 4.74 Å². The number of carbonyl (C=O) groups is 2. The van der Waals surface area contributed by atoms with E-state index in [9.17, 15) is 9.59 Å². The van der Waals surface area contributed by atoms with E-state index in [0.29, 0.717) is 31.7 Å². The topological polar surface area (TPSA) is 46.6 Å². The van der Waals surface area contributed by atoms with Gasteiger partial charge in [0.25, 0.3) is 5.91 Å². The van der Waals surface area contributed by atoms with Crippen LogP contribution in [0.5, 0.6) is 5.75 Å². The predicted octanol–water partition coefficient (Wildman–Crippen LogP) is 4.80. The fourth-order valence-electron chi connectivity index (χ4n) is 3.63. The van der Waals surface area contributed by atoms with Gasteiger partial charge in [-0.2, -0.15) is 0 Å². The van der Waals surface area contributed by atoms with E-state index in [1.165, 1.54) is 16.9 Å². The first kappa shape index (κ1) is 19.4. The number of thiophene rings is 1. The number of benzene rings is 2. The van der Waals surface area contributed by atoms with Crippen molar-refractivity contribution in [3.63, 3.8) is 0 Å². The third-order valence-corrected chi connectivity index (χ3v) is 6.13. The van der Waals surface area contributed by atoms with Crippen LogP contribution in [0.3, 0.4) is 0 Å². The van der Waals surface area contributed by atoms with Gasteiger partial charge in [-0.3, -0.25) is 9.59 Å². The summed E-state index contributed by atoms with van der Waals surface area (Å²) in [4.78, 5) is 27.8. The van der Waals surface area contributed by atoms with Crippen molar-refractivity contribution in [3.8, 4) is 5.75 Å². The number of rotatable bonds is 5. The number of ether oxygens (including phenoxy) is 1. The molecule has 2 aromatic carbocycles. The van der Waals surface area contributed by atoms with E-state index >= 15 is 0 Å². The second-order valence-corrected chi connectivity index (χ2v) is 8.18. The van der Waals surface area contributed by atoms with Crippen LogP contribution in [0.4, 0.5) is 0 Å². The zero-order valence-corrected chi connectivity index (χ0v) is 16.9. The molecule has 1 aliphatic heterocycles. The number of amides is 1. The third-order valence-electron chi connectivity index (χ3n) is 5.27. The van der Waals surface area contributed by atoms with Crippen LogP contribution in [0.1, 0.15) is 33.6 Å². The lowest BCUT2D eigenvalue weighted by atomic mass is 9.96. The summed E-state index contributed by atoms with van der Waals surface area (Å²) in [6, 6.07) is 21.6. The summed E-state index contributed by atoms with van der Waals surface area (Å²) in [7, 11) is 0. The minimum atomic E-state index is -0.200. The lowest BCUT2D eigenvalue weighted by molar-refractivity contribution is -0.140. The van der Waals surface area contributed by atoms with Crippen LogP contribution in [-0.4, -0.2) is 29.9 Å². The molecule has 0 aliphatic carbocycles. The molecule has 29 heavy (non-hydrogen) atoms. The van der Waals surface area contributed by atoms with Gasteiger partial charge in [0.15, 0.2) is 0 Å². The Morgan fingerprint density at radius 3 is 2.38 bits per heavy atom. The van der Waals surface area contributed by atoms with Crippen molar-refractivity contribution >= 4 is 23.2 Å². The second-order valence-electron chi connectivity index (χ2n) is 7.23. The first-order valence-corrected chi connectivity index (χ1v) is 10.7. The van der Waals surface area contributed by atoms with Crippen molar-refractivity contribution in [2.24, 2.45) is 5.92 Å². The first-order chi connectivity index (χ1) is 14.2. The van der Waals surface area contributed by atoms with Crippen LogP contribution < -0.4 is 4.74 Å². The Labute approximate surface area is 174 Å². The maximum absolute atomic E-state index is 12.8. The average molecular weight is 406 g/mol. The predicted molar refractivity (Wildman–Crippen MR) is 114 cm³/mol. The summed E-state index contributed by atoms with van der Waals surface area (Å²) < 4.78 is 5.78. The summed E-state index contributed by atoms with van der Waals surface area (Å²) in [6.07, 6.45) is 1.99. The largest absolute Gasteiger partial charge is 0.426 e. The van der Waals surface area contributed by atoms with Crippen molar-refractivity contribution in [3.05, 3.63) is 88.1 Å². The molecule has 0 saturated carbocycles. The van der Waals surface area contributed by atoms with Gasteiger partial charge in [0, 0.05) is 19.5 Å². The van der Waals surface area contributed by atoms with Gasteiger partial charge >= 0.3 is 5.97 Å². The maximum Gasteiger partial charge on any atom is 0.314 e. The van der Waals surface area contributed by atoms with Crippen LogP contribution >= 0.6 is 11.3 Å². The van der Waals surface area contributed by atoms with Crippen LogP contribution in [0, 0.1) is 5.92 Å². The van der Waals surface area contributed by atoms with E-state index in [1.54, 1.807) is 0 Å². The quantitative estimate of drug-likeness (QED) is 0.453. The van der Waals surface area contributed by atoms with E-state index in [2.05, 4.69) is 12.1 Å². The lowest BCUT2D eigenvalue weighted by Crippen LogP contribution is -2.40. The molecule has 0 spiro atoms. The van der Waals surface area contributed by atoms with E-state index in [0.717, 1.165) is 16.9 Å². The summed E-state index contributed by atoms with van der Waals surface area (Å²) in [5.74, 6) is 0.305. The molecular formula is C24H23NO3S. The molecule has 1 fully saturated rings. The molecule has 1 amide bonds. The smallest absolute Gasteiger partial charge is 0.314 e. The Morgan fingerprint density at radius 1 is 0.931 bits per heavy atom. The van der Waals surface area contributed by atoms with Crippen LogP contribution in [0.25, 0.3) is 0 Å². The molecule has 2 heterocycles. The molecule has 4 rings (SSSR count). The van der Waals surface area contributed by atoms with E-state index in [1.807, 2.05) is 64.9 Å². The van der Waals surface area contributed by atoms with Crippen LogP contribution in [0.2, 0.25) is 0 Å². The zero-order valence-electron chi connectivity index (χ0n) is 16.1. The molecule has 5 heteroatoms. The monoisotopic (exact) mass is 405 g/mol. The number of nitrogens with zero attached hydrogens (tertiary/aromatic N) is 1. The van der Waals surface area contributed by atoms with Gasteiger partial charge in [0.1, 0.15) is 5.75 Å². The fraction of sp³-hybridized carbons (Fsp3) is 0.250. The van der Waals surface area contributed by atoms with Gasteiger partial charge in [-0.25, -0.2) is 0 Å². The standard InChI is InChI=1S/C24H23NO3S/c26-23(22-11-6-16-29-22)25-14-12-19(13-15-25)24(27)28-21-10-5-4-9-20(21)17-18-7-2-1-3-8-18/h1-11,16,19H,12-15,17H2. The summed E-state index contributed by atoms with van der Waals surface area (Å²) in [6.45, 7) is 1.17. The van der Waals surface area contributed by atoms with Gasteiger partial charge < -0.3 is 9.64 Å². The van der Waals surface area contributed by atoms with Crippen molar-refractivity contribution in [2.45, 2.75) is 19.3 Å².